The number of carbonyl (C=O) groups is 3. The Labute approximate surface area is 151 Å². The van der Waals surface area contributed by atoms with E-state index in [1.807, 2.05) is 13.8 Å². The molecule has 6 nitrogen and oxygen atoms in total. The van der Waals surface area contributed by atoms with Crippen molar-refractivity contribution in [2.45, 2.75) is 32.8 Å². The first-order valence-electron chi connectivity index (χ1n) is 8.29. The van der Waals surface area contributed by atoms with Crippen molar-refractivity contribution in [3.05, 3.63) is 53.6 Å². The van der Waals surface area contributed by atoms with E-state index in [4.69, 9.17) is 4.74 Å². The summed E-state index contributed by atoms with van der Waals surface area (Å²) < 4.78 is 5.80. The summed E-state index contributed by atoms with van der Waals surface area (Å²) in [6.45, 7) is 5.13. The van der Waals surface area contributed by atoms with Crippen molar-refractivity contribution in [3.8, 4) is 5.75 Å². The Balaban J connectivity index is 1.80. The highest BCUT2D eigenvalue weighted by atomic mass is 16.5. The zero-order valence-corrected chi connectivity index (χ0v) is 14.9. The van der Waals surface area contributed by atoms with E-state index in [0.29, 0.717) is 28.3 Å². The van der Waals surface area contributed by atoms with Gasteiger partial charge >= 0.3 is 0 Å². The molecular formula is C20H20N2O4. The van der Waals surface area contributed by atoms with Crippen molar-refractivity contribution in [1.82, 2.24) is 0 Å². The van der Waals surface area contributed by atoms with Crippen molar-refractivity contribution in [2.75, 3.05) is 10.6 Å². The molecule has 26 heavy (non-hydrogen) atoms. The number of hydrogen-bond donors (Lipinski definition) is 2. The predicted octanol–water partition coefficient (Wildman–Crippen LogP) is 3.64. The van der Waals surface area contributed by atoms with E-state index in [9.17, 15) is 14.4 Å². The molecule has 3 rings (SSSR count). The van der Waals surface area contributed by atoms with Gasteiger partial charge < -0.3 is 15.4 Å². The average molecular weight is 352 g/mol. The summed E-state index contributed by atoms with van der Waals surface area (Å²) in [5.74, 6) is -0.0796. The van der Waals surface area contributed by atoms with Crippen molar-refractivity contribution in [2.24, 2.45) is 0 Å². The summed E-state index contributed by atoms with van der Waals surface area (Å²) >= 11 is 0. The molecule has 2 aromatic rings. The summed E-state index contributed by atoms with van der Waals surface area (Å²) in [6, 6.07) is 11.7. The van der Waals surface area contributed by atoms with Crippen LogP contribution in [0.2, 0.25) is 0 Å². The van der Waals surface area contributed by atoms with Gasteiger partial charge in [0.2, 0.25) is 5.91 Å². The van der Waals surface area contributed by atoms with Crippen LogP contribution in [-0.4, -0.2) is 23.2 Å². The lowest BCUT2D eigenvalue weighted by molar-refractivity contribution is -0.114. The van der Waals surface area contributed by atoms with Crippen LogP contribution in [-0.2, 0) is 4.79 Å². The number of carbonyl (C=O) groups excluding carboxylic acids is 3. The molecule has 2 N–H and O–H groups in total. The van der Waals surface area contributed by atoms with Gasteiger partial charge in [-0.1, -0.05) is 6.07 Å². The number of anilines is 2. The first kappa shape index (κ1) is 17.7. The second-order valence-electron chi connectivity index (χ2n) is 6.89. The van der Waals surface area contributed by atoms with E-state index < -0.39 is 5.60 Å². The number of rotatable bonds is 3. The highest BCUT2D eigenvalue weighted by Crippen LogP contribution is 2.33. The number of fused-ring (bicyclic) bond motifs is 1. The number of hydrogen-bond acceptors (Lipinski definition) is 4. The molecule has 0 saturated carbocycles. The van der Waals surface area contributed by atoms with Crippen LogP contribution in [0, 0.1) is 0 Å². The summed E-state index contributed by atoms with van der Waals surface area (Å²) in [6.07, 6.45) is 0.268. The molecule has 0 aromatic heterocycles. The Kier molecular flexibility index (Phi) is 4.50. The number of amides is 2. The van der Waals surface area contributed by atoms with Crippen LogP contribution in [0.25, 0.3) is 0 Å². The quantitative estimate of drug-likeness (QED) is 0.883. The van der Waals surface area contributed by atoms with Crippen LogP contribution in [0.4, 0.5) is 11.4 Å². The van der Waals surface area contributed by atoms with Gasteiger partial charge in [0, 0.05) is 23.9 Å². The number of nitrogens with one attached hydrogen (secondary N) is 2. The van der Waals surface area contributed by atoms with Crippen LogP contribution in [0.1, 0.15) is 47.9 Å². The average Bonchev–Trinajstić information content (AvgIpc) is 2.53. The Morgan fingerprint density at radius 2 is 1.73 bits per heavy atom. The van der Waals surface area contributed by atoms with Crippen molar-refractivity contribution in [1.29, 1.82) is 0 Å². The number of benzene rings is 2. The maximum absolute atomic E-state index is 12.5. The molecule has 134 valence electrons. The zero-order chi connectivity index (χ0) is 18.9. The molecule has 0 radical (unpaired) electrons. The van der Waals surface area contributed by atoms with Crippen molar-refractivity contribution >= 4 is 29.0 Å². The number of Topliss-reactive ketones (excluding diaryl/α,β-unsaturated/α-hetero) is 1. The van der Waals surface area contributed by atoms with Crippen LogP contribution >= 0.6 is 0 Å². The Hall–Kier alpha value is -3.15. The Morgan fingerprint density at radius 1 is 1.04 bits per heavy atom. The fraction of sp³-hybridized carbons (Fsp3) is 0.250. The van der Waals surface area contributed by atoms with E-state index in [1.165, 1.54) is 6.92 Å². The minimum absolute atomic E-state index is 0.0430. The molecule has 0 fully saturated rings. The van der Waals surface area contributed by atoms with Crippen LogP contribution in [0.15, 0.2) is 42.5 Å². The summed E-state index contributed by atoms with van der Waals surface area (Å²) in [4.78, 5) is 36.0. The molecule has 0 bridgehead atoms. The van der Waals surface area contributed by atoms with Crippen molar-refractivity contribution < 1.29 is 19.1 Å². The van der Waals surface area contributed by atoms with Gasteiger partial charge in [0.05, 0.1) is 12.0 Å². The molecule has 0 atom stereocenters. The van der Waals surface area contributed by atoms with E-state index in [1.54, 1.807) is 42.5 Å². The molecule has 2 aromatic carbocycles. The fourth-order valence-electron chi connectivity index (χ4n) is 2.87. The van der Waals surface area contributed by atoms with Gasteiger partial charge in [-0.3, -0.25) is 14.4 Å². The molecule has 6 heteroatoms. The van der Waals surface area contributed by atoms with Gasteiger partial charge in [-0.15, -0.1) is 0 Å². The maximum atomic E-state index is 12.5. The highest BCUT2D eigenvalue weighted by Gasteiger charge is 2.32. The number of ketones is 1. The summed E-state index contributed by atoms with van der Waals surface area (Å²) in [7, 11) is 0. The minimum Gasteiger partial charge on any atom is -0.487 e. The molecular weight excluding hydrogens is 332 g/mol. The molecule has 0 unspecified atom stereocenters. The SMILES string of the molecule is CC(=O)Nc1cccc(NC(=O)c2ccc3c(c2)C(=O)CC(C)(C)O3)c1. The normalized spacial score (nSPS) is 14.8. The standard InChI is InChI=1S/C20H20N2O4/c1-12(23)21-14-5-4-6-15(10-14)22-19(25)13-7-8-18-16(9-13)17(24)11-20(2,3)26-18/h4-10H,11H2,1-3H3,(H,21,23)(H,22,25). The van der Waals surface area contributed by atoms with Gasteiger partial charge in [-0.05, 0) is 50.2 Å². The highest BCUT2D eigenvalue weighted by molar-refractivity contribution is 6.08. The lowest BCUT2D eigenvalue weighted by Crippen LogP contribution is -2.36. The predicted molar refractivity (Wildman–Crippen MR) is 98.8 cm³/mol. The molecule has 1 heterocycles. The van der Waals surface area contributed by atoms with Gasteiger partial charge in [-0.2, -0.15) is 0 Å². The molecule has 0 spiro atoms. The third-order valence-electron chi connectivity index (χ3n) is 3.96. The fourth-order valence-corrected chi connectivity index (χ4v) is 2.87. The lowest BCUT2D eigenvalue weighted by atomic mass is 9.92. The molecule has 1 aliphatic rings. The minimum atomic E-state index is -0.544. The Bertz CT molecular complexity index is 902. The largest absolute Gasteiger partial charge is 0.487 e. The molecule has 1 aliphatic heterocycles. The van der Waals surface area contributed by atoms with E-state index in [2.05, 4.69) is 10.6 Å². The maximum Gasteiger partial charge on any atom is 0.255 e. The molecule has 0 aliphatic carbocycles. The van der Waals surface area contributed by atoms with Gasteiger partial charge in [-0.25, -0.2) is 0 Å². The first-order valence-corrected chi connectivity index (χ1v) is 8.29. The smallest absolute Gasteiger partial charge is 0.255 e. The lowest BCUT2D eigenvalue weighted by Gasteiger charge is -2.31. The zero-order valence-electron chi connectivity index (χ0n) is 14.9. The van der Waals surface area contributed by atoms with E-state index >= 15 is 0 Å². The topological polar surface area (TPSA) is 84.5 Å². The third-order valence-corrected chi connectivity index (χ3v) is 3.96. The van der Waals surface area contributed by atoms with E-state index in [-0.39, 0.29) is 24.0 Å². The van der Waals surface area contributed by atoms with Gasteiger partial charge in [0.25, 0.3) is 5.91 Å². The van der Waals surface area contributed by atoms with E-state index in [0.717, 1.165) is 0 Å². The second kappa shape index (κ2) is 6.63. The van der Waals surface area contributed by atoms with Crippen LogP contribution < -0.4 is 15.4 Å². The first-order chi connectivity index (χ1) is 12.2. The third kappa shape index (κ3) is 3.91. The van der Waals surface area contributed by atoms with Crippen LogP contribution in [0.5, 0.6) is 5.75 Å². The molecule has 2 amide bonds. The van der Waals surface area contributed by atoms with Crippen molar-refractivity contribution in [3.63, 3.8) is 0 Å². The summed E-state index contributed by atoms with van der Waals surface area (Å²) in [5.41, 5.74) is 1.38. The monoisotopic (exact) mass is 352 g/mol. The number of ether oxygens (including phenoxy) is 1. The van der Waals surface area contributed by atoms with Crippen LogP contribution in [0.3, 0.4) is 0 Å². The summed E-state index contributed by atoms with van der Waals surface area (Å²) in [5, 5.41) is 5.43. The van der Waals surface area contributed by atoms with Gasteiger partial charge in [0.15, 0.2) is 5.78 Å². The Morgan fingerprint density at radius 3 is 2.42 bits per heavy atom. The molecule has 0 saturated heterocycles. The second-order valence-corrected chi connectivity index (χ2v) is 6.89. The van der Waals surface area contributed by atoms with Gasteiger partial charge in [0.1, 0.15) is 11.4 Å².